The second kappa shape index (κ2) is 6.57. The van der Waals surface area contributed by atoms with Gasteiger partial charge in [0.1, 0.15) is 5.76 Å². The summed E-state index contributed by atoms with van der Waals surface area (Å²) in [5.41, 5.74) is 1.08. The molecular formula is C14H17ClN2O. The standard InChI is InChI=1S/C14H17ClN2O/c1-2-6-17-13(14-4-3-8-18-14)9-11-5-7-16-10-12(11)15/h3-5,7-8,10,13,17H,2,6,9H2,1H3. The van der Waals surface area contributed by atoms with Crippen LogP contribution in [0.25, 0.3) is 0 Å². The Morgan fingerprint density at radius 1 is 1.44 bits per heavy atom. The van der Waals surface area contributed by atoms with Crippen LogP contribution in [0.5, 0.6) is 0 Å². The fourth-order valence-electron chi connectivity index (χ4n) is 1.87. The number of pyridine rings is 1. The predicted molar refractivity (Wildman–Crippen MR) is 72.7 cm³/mol. The lowest BCUT2D eigenvalue weighted by Gasteiger charge is -2.16. The maximum absolute atomic E-state index is 6.14. The van der Waals surface area contributed by atoms with E-state index in [2.05, 4.69) is 17.2 Å². The van der Waals surface area contributed by atoms with Crippen molar-refractivity contribution >= 4 is 11.6 Å². The van der Waals surface area contributed by atoms with Gasteiger partial charge < -0.3 is 9.73 Å². The molecule has 0 aromatic carbocycles. The third-order valence-electron chi connectivity index (χ3n) is 2.81. The zero-order valence-corrected chi connectivity index (χ0v) is 11.2. The van der Waals surface area contributed by atoms with Crippen molar-refractivity contribution in [2.45, 2.75) is 25.8 Å². The monoisotopic (exact) mass is 264 g/mol. The van der Waals surface area contributed by atoms with Gasteiger partial charge in [-0.3, -0.25) is 4.98 Å². The lowest BCUT2D eigenvalue weighted by Crippen LogP contribution is -2.23. The number of nitrogens with zero attached hydrogens (tertiary/aromatic N) is 1. The molecule has 2 aromatic heterocycles. The molecule has 0 saturated heterocycles. The third kappa shape index (κ3) is 3.34. The van der Waals surface area contributed by atoms with Crippen LogP contribution in [0, 0.1) is 0 Å². The molecule has 0 fully saturated rings. The van der Waals surface area contributed by atoms with Crippen LogP contribution in [0.1, 0.15) is 30.7 Å². The summed E-state index contributed by atoms with van der Waals surface area (Å²) < 4.78 is 5.48. The summed E-state index contributed by atoms with van der Waals surface area (Å²) in [6.07, 6.45) is 7.02. The molecule has 1 atom stereocenters. The second-order valence-electron chi connectivity index (χ2n) is 4.19. The molecule has 0 amide bonds. The Morgan fingerprint density at radius 3 is 3.00 bits per heavy atom. The molecule has 96 valence electrons. The Morgan fingerprint density at radius 2 is 2.33 bits per heavy atom. The van der Waals surface area contributed by atoms with E-state index >= 15 is 0 Å². The van der Waals surface area contributed by atoms with E-state index in [-0.39, 0.29) is 6.04 Å². The highest BCUT2D eigenvalue weighted by atomic mass is 35.5. The van der Waals surface area contributed by atoms with Gasteiger partial charge >= 0.3 is 0 Å². The zero-order valence-electron chi connectivity index (χ0n) is 10.4. The number of furan rings is 1. The summed E-state index contributed by atoms with van der Waals surface area (Å²) in [5.74, 6) is 0.941. The predicted octanol–water partition coefficient (Wildman–Crippen LogP) is 3.61. The molecule has 0 bridgehead atoms. The molecule has 0 spiro atoms. The van der Waals surface area contributed by atoms with E-state index < -0.39 is 0 Å². The maximum Gasteiger partial charge on any atom is 0.121 e. The minimum absolute atomic E-state index is 0.153. The first-order chi connectivity index (χ1) is 8.81. The zero-order chi connectivity index (χ0) is 12.8. The van der Waals surface area contributed by atoms with Gasteiger partial charge in [-0.25, -0.2) is 0 Å². The van der Waals surface area contributed by atoms with E-state index in [0.717, 1.165) is 30.7 Å². The van der Waals surface area contributed by atoms with Crippen LogP contribution in [-0.2, 0) is 6.42 Å². The highest BCUT2D eigenvalue weighted by molar-refractivity contribution is 6.31. The number of aromatic nitrogens is 1. The summed E-state index contributed by atoms with van der Waals surface area (Å²) in [7, 11) is 0. The Hall–Kier alpha value is -1.32. The molecule has 0 aliphatic carbocycles. The maximum atomic E-state index is 6.14. The molecule has 2 heterocycles. The minimum Gasteiger partial charge on any atom is -0.468 e. The molecule has 0 aliphatic rings. The average Bonchev–Trinajstić information content (AvgIpc) is 2.90. The largest absolute Gasteiger partial charge is 0.468 e. The van der Waals surface area contributed by atoms with Crippen LogP contribution in [0.2, 0.25) is 5.02 Å². The topological polar surface area (TPSA) is 38.1 Å². The summed E-state index contributed by atoms with van der Waals surface area (Å²) in [6, 6.07) is 6.00. The molecule has 4 heteroatoms. The van der Waals surface area contributed by atoms with E-state index in [1.807, 2.05) is 18.2 Å². The number of hydrogen-bond donors (Lipinski definition) is 1. The fraction of sp³-hybridized carbons (Fsp3) is 0.357. The van der Waals surface area contributed by atoms with Crippen molar-refractivity contribution in [3.63, 3.8) is 0 Å². The number of halogens is 1. The molecule has 1 N–H and O–H groups in total. The summed E-state index contributed by atoms with van der Waals surface area (Å²) in [5, 5.41) is 4.18. The van der Waals surface area contributed by atoms with Gasteiger partial charge in [0.2, 0.25) is 0 Å². The van der Waals surface area contributed by atoms with Gasteiger partial charge in [0, 0.05) is 12.4 Å². The van der Waals surface area contributed by atoms with Gasteiger partial charge in [-0.05, 0) is 43.1 Å². The average molecular weight is 265 g/mol. The van der Waals surface area contributed by atoms with Gasteiger partial charge in [0.05, 0.1) is 17.3 Å². The third-order valence-corrected chi connectivity index (χ3v) is 3.15. The van der Waals surface area contributed by atoms with E-state index in [1.165, 1.54) is 0 Å². The van der Waals surface area contributed by atoms with Crippen molar-refractivity contribution in [1.82, 2.24) is 10.3 Å². The summed E-state index contributed by atoms with van der Waals surface area (Å²) in [4.78, 5) is 4.00. The van der Waals surface area contributed by atoms with Gasteiger partial charge in [-0.15, -0.1) is 0 Å². The minimum atomic E-state index is 0.153. The molecule has 18 heavy (non-hydrogen) atoms. The molecule has 3 nitrogen and oxygen atoms in total. The van der Waals surface area contributed by atoms with E-state index in [0.29, 0.717) is 5.02 Å². The first-order valence-corrected chi connectivity index (χ1v) is 6.54. The van der Waals surface area contributed by atoms with Crippen LogP contribution in [0.15, 0.2) is 41.3 Å². The van der Waals surface area contributed by atoms with Crippen molar-refractivity contribution in [1.29, 1.82) is 0 Å². The molecule has 2 aromatic rings. The molecule has 0 radical (unpaired) electrons. The first kappa shape index (κ1) is 13.1. The lowest BCUT2D eigenvalue weighted by atomic mass is 10.0. The molecule has 1 unspecified atom stereocenters. The van der Waals surface area contributed by atoms with E-state index in [4.69, 9.17) is 16.0 Å². The van der Waals surface area contributed by atoms with Crippen molar-refractivity contribution in [3.05, 3.63) is 53.2 Å². The van der Waals surface area contributed by atoms with Crippen LogP contribution < -0.4 is 5.32 Å². The van der Waals surface area contributed by atoms with Crippen molar-refractivity contribution in [3.8, 4) is 0 Å². The first-order valence-electron chi connectivity index (χ1n) is 6.16. The molecule has 0 saturated carbocycles. The second-order valence-corrected chi connectivity index (χ2v) is 4.60. The summed E-state index contributed by atoms with van der Waals surface area (Å²) in [6.45, 7) is 3.10. The van der Waals surface area contributed by atoms with Crippen LogP contribution in [0.3, 0.4) is 0 Å². The van der Waals surface area contributed by atoms with Gasteiger partial charge in [-0.2, -0.15) is 0 Å². The Balaban J connectivity index is 2.13. The SMILES string of the molecule is CCCNC(Cc1ccncc1Cl)c1ccco1. The van der Waals surface area contributed by atoms with Crippen LogP contribution in [-0.4, -0.2) is 11.5 Å². The highest BCUT2D eigenvalue weighted by Crippen LogP contribution is 2.23. The van der Waals surface area contributed by atoms with E-state index in [1.54, 1.807) is 18.7 Å². The molecular weight excluding hydrogens is 248 g/mol. The lowest BCUT2D eigenvalue weighted by molar-refractivity contribution is 0.410. The Labute approximate surface area is 112 Å². The molecule has 0 aliphatic heterocycles. The summed E-state index contributed by atoms with van der Waals surface area (Å²) >= 11 is 6.14. The van der Waals surface area contributed by atoms with Crippen LogP contribution in [0.4, 0.5) is 0 Å². The normalized spacial score (nSPS) is 12.6. The Kier molecular flexibility index (Phi) is 4.79. The van der Waals surface area contributed by atoms with Gasteiger partial charge in [0.15, 0.2) is 0 Å². The van der Waals surface area contributed by atoms with Crippen molar-refractivity contribution in [2.75, 3.05) is 6.54 Å². The number of hydrogen-bond acceptors (Lipinski definition) is 3. The van der Waals surface area contributed by atoms with Gasteiger partial charge in [0.25, 0.3) is 0 Å². The van der Waals surface area contributed by atoms with E-state index in [9.17, 15) is 0 Å². The highest BCUT2D eigenvalue weighted by Gasteiger charge is 2.15. The quantitative estimate of drug-likeness (QED) is 0.866. The van der Waals surface area contributed by atoms with Crippen molar-refractivity contribution < 1.29 is 4.42 Å². The van der Waals surface area contributed by atoms with Gasteiger partial charge in [-0.1, -0.05) is 18.5 Å². The fourth-order valence-corrected chi connectivity index (χ4v) is 2.07. The van der Waals surface area contributed by atoms with Crippen LogP contribution >= 0.6 is 11.6 Å². The Bertz CT molecular complexity index is 470. The number of rotatable bonds is 6. The molecule has 2 rings (SSSR count). The van der Waals surface area contributed by atoms with Crippen molar-refractivity contribution in [2.24, 2.45) is 0 Å². The smallest absolute Gasteiger partial charge is 0.121 e. The number of nitrogens with one attached hydrogen (secondary N) is 1.